The second kappa shape index (κ2) is 7.07. The highest BCUT2D eigenvalue weighted by molar-refractivity contribution is 6.30. The van der Waals surface area contributed by atoms with Crippen LogP contribution in [-0.4, -0.2) is 12.6 Å². The number of carbonyl (C=O) groups excluding carboxylic acids is 1. The molecule has 2 amide bonds. The summed E-state index contributed by atoms with van der Waals surface area (Å²) in [5.41, 5.74) is 1.04. The van der Waals surface area contributed by atoms with Crippen LogP contribution in [0.5, 0.6) is 0 Å². The smallest absolute Gasteiger partial charge is 0.315 e. The van der Waals surface area contributed by atoms with Crippen LogP contribution in [0.25, 0.3) is 0 Å². The van der Waals surface area contributed by atoms with E-state index in [1.807, 2.05) is 24.3 Å². The number of carbonyl (C=O) groups is 1. The molecule has 1 atom stereocenters. The van der Waals surface area contributed by atoms with Crippen molar-refractivity contribution >= 4 is 17.6 Å². The highest BCUT2D eigenvalue weighted by Crippen LogP contribution is 2.23. The van der Waals surface area contributed by atoms with E-state index in [1.165, 1.54) is 0 Å². The van der Waals surface area contributed by atoms with Crippen LogP contribution in [0.3, 0.4) is 0 Å². The van der Waals surface area contributed by atoms with E-state index in [0.29, 0.717) is 17.5 Å². The molecule has 0 aliphatic heterocycles. The van der Waals surface area contributed by atoms with Crippen molar-refractivity contribution in [2.24, 2.45) is 5.92 Å². The quantitative estimate of drug-likeness (QED) is 0.787. The molecule has 1 rings (SSSR count). The van der Waals surface area contributed by atoms with Crippen molar-refractivity contribution in [2.75, 3.05) is 6.54 Å². The van der Waals surface area contributed by atoms with Gasteiger partial charge in [-0.05, 0) is 23.6 Å². The van der Waals surface area contributed by atoms with E-state index in [4.69, 9.17) is 11.6 Å². The minimum absolute atomic E-state index is 0.0351. The maximum atomic E-state index is 11.7. The average Bonchev–Trinajstić information content (AvgIpc) is 2.34. The van der Waals surface area contributed by atoms with E-state index in [1.54, 1.807) is 6.08 Å². The standard InChI is InChI=1S/C14H19ClN2O/c1-4-9-16-14(18)17-13(10(2)3)11-5-7-12(15)8-6-11/h4-8,10,13H,1,9H2,2-3H3,(H2,16,17,18)/t13-/m0/s1. The molecule has 0 heterocycles. The Labute approximate surface area is 113 Å². The molecule has 0 fully saturated rings. The summed E-state index contributed by atoms with van der Waals surface area (Å²) in [6.45, 7) is 8.14. The van der Waals surface area contributed by atoms with Crippen molar-refractivity contribution in [3.63, 3.8) is 0 Å². The van der Waals surface area contributed by atoms with Gasteiger partial charge in [0.2, 0.25) is 0 Å². The summed E-state index contributed by atoms with van der Waals surface area (Å²) in [5, 5.41) is 6.34. The number of nitrogens with one attached hydrogen (secondary N) is 2. The number of halogens is 1. The monoisotopic (exact) mass is 266 g/mol. The molecule has 0 spiro atoms. The van der Waals surface area contributed by atoms with Crippen LogP contribution in [-0.2, 0) is 0 Å². The van der Waals surface area contributed by atoms with E-state index in [0.717, 1.165) is 5.56 Å². The van der Waals surface area contributed by atoms with Gasteiger partial charge >= 0.3 is 6.03 Å². The first kappa shape index (κ1) is 14.6. The van der Waals surface area contributed by atoms with E-state index in [9.17, 15) is 4.79 Å². The molecule has 0 aliphatic carbocycles. The Bertz CT molecular complexity index is 401. The molecule has 18 heavy (non-hydrogen) atoms. The molecule has 0 radical (unpaired) electrons. The van der Waals surface area contributed by atoms with Crippen LogP contribution in [0.15, 0.2) is 36.9 Å². The normalized spacial score (nSPS) is 12.0. The number of amides is 2. The Morgan fingerprint density at radius 2 is 2.00 bits per heavy atom. The molecule has 4 heteroatoms. The van der Waals surface area contributed by atoms with Crippen LogP contribution in [0.4, 0.5) is 4.79 Å². The molecule has 0 aromatic heterocycles. The van der Waals surface area contributed by atoms with Crippen molar-refractivity contribution in [3.8, 4) is 0 Å². The fourth-order valence-electron chi connectivity index (χ4n) is 1.66. The lowest BCUT2D eigenvalue weighted by atomic mass is 9.96. The largest absolute Gasteiger partial charge is 0.335 e. The Kier molecular flexibility index (Phi) is 5.72. The summed E-state index contributed by atoms with van der Waals surface area (Å²) in [5.74, 6) is 0.292. The minimum Gasteiger partial charge on any atom is -0.335 e. The SMILES string of the molecule is C=CCNC(=O)N[C@H](c1ccc(Cl)cc1)C(C)C. The van der Waals surface area contributed by atoms with Gasteiger partial charge in [0.1, 0.15) is 0 Å². The molecule has 0 aliphatic rings. The van der Waals surface area contributed by atoms with Gasteiger partial charge in [-0.25, -0.2) is 4.79 Å². The molecule has 3 nitrogen and oxygen atoms in total. The zero-order valence-corrected chi connectivity index (χ0v) is 11.5. The van der Waals surface area contributed by atoms with Gasteiger partial charge in [0, 0.05) is 11.6 Å². The number of hydrogen-bond acceptors (Lipinski definition) is 1. The van der Waals surface area contributed by atoms with E-state index in [2.05, 4.69) is 31.1 Å². The van der Waals surface area contributed by atoms with Crippen molar-refractivity contribution in [2.45, 2.75) is 19.9 Å². The van der Waals surface area contributed by atoms with Gasteiger partial charge in [-0.2, -0.15) is 0 Å². The molecule has 2 N–H and O–H groups in total. The lowest BCUT2D eigenvalue weighted by Crippen LogP contribution is -2.39. The topological polar surface area (TPSA) is 41.1 Å². The summed E-state index contributed by atoms with van der Waals surface area (Å²) in [6, 6.07) is 7.29. The lowest BCUT2D eigenvalue weighted by Gasteiger charge is -2.23. The summed E-state index contributed by atoms with van der Waals surface area (Å²) in [4.78, 5) is 11.7. The molecule has 0 saturated carbocycles. The Balaban J connectivity index is 2.74. The first-order valence-corrected chi connectivity index (χ1v) is 6.33. The Morgan fingerprint density at radius 3 is 2.50 bits per heavy atom. The fraction of sp³-hybridized carbons (Fsp3) is 0.357. The number of hydrogen-bond donors (Lipinski definition) is 2. The predicted octanol–water partition coefficient (Wildman–Crippen LogP) is 3.52. The predicted molar refractivity (Wildman–Crippen MR) is 75.8 cm³/mol. The average molecular weight is 267 g/mol. The van der Waals surface area contributed by atoms with Gasteiger partial charge in [-0.1, -0.05) is 43.7 Å². The summed E-state index contributed by atoms with van der Waals surface area (Å²) >= 11 is 5.86. The highest BCUT2D eigenvalue weighted by Gasteiger charge is 2.17. The summed E-state index contributed by atoms with van der Waals surface area (Å²) in [6.07, 6.45) is 1.65. The van der Waals surface area contributed by atoms with Gasteiger partial charge in [0.15, 0.2) is 0 Å². The molecule has 1 aromatic rings. The maximum Gasteiger partial charge on any atom is 0.315 e. The fourth-order valence-corrected chi connectivity index (χ4v) is 1.79. The van der Waals surface area contributed by atoms with Crippen LogP contribution in [0.2, 0.25) is 5.02 Å². The molecule has 0 bridgehead atoms. The number of rotatable bonds is 5. The van der Waals surface area contributed by atoms with Gasteiger partial charge in [-0.3, -0.25) is 0 Å². The summed E-state index contributed by atoms with van der Waals surface area (Å²) in [7, 11) is 0. The third kappa shape index (κ3) is 4.41. The van der Waals surface area contributed by atoms with Gasteiger partial charge < -0.3 is 10.6 Å². The van der Waals surface area contributed by atoms with Crippen LogP contribution in [0.1, 0.15) is 25.5 Å². The Morgan fingerprint density at radius 1 is 1.39 bits per heavy atom. The van der Waals surface area contributed by atoms with Crippen molar-refractivity contribution in [1.82, 2.24) is 10.6 Å². The van der Waals surface area contributed by atoms with Crippen molar-refractivity contribution < 1.29 is 4.79 Å². The molecular weight excluding hydrogens is 248 g/mol. The lowest BCUT2D eigenvalue weighted by molar-refractivity contribution is 0.234. The molecule has 0 unspecified atom stereocenters. The van der Waals surface area contributed by atoms with Crippen LogP contribution < -0.4 is 10.6 Å². The van der Waals surface area contributed by atoms with Gasteiger partial charge in [0.05, 0.1) is 6.04 Å². The summed E-state index contributed by atoms with van der Waals surface area (Å²) < 4.78 is 0. The third-order valence-corrected chi connectivity index (χ3v) is 2.84. The molecule has 0 saturated heterocycles. The van der Waals surface area contributed by atoms with Gasteiger partial charge in [-0.15, -0.1) is 6.58 Å². The molecular formula is C14H19ClN2O. The third-order valence-electron chi connectivity index (χ3n) is 2.59. The molecule has 1 aromatic carbocycles. The minimum atomic E-state index is -0.191. The highest BCUT2D eigenvalue weighted by atomic mass is 35.5. The molecule has 98 valence electrons. The zero-order chi connectivity index (χ0) is 13.5. The second-order valence-electron chi connectivity index (χ2n) is 4.42. The van der Waals surface area contributed by atoms with E-state index in [-0.39, 0.29) is 12.1 Å². The van der Waals surface area contributed by atoms with Crippen molar-refractivity contribution in [1.29, 1.82) is 0 Å². The van der Waals surface area contributed by atoms with Gasteiger partial charge in [0.25, 0.3) is 0 Å². The second-order valence-corrected chi connectivity index (χ2v) is 4.85. The first-order chi connectivity index (χ1) is 8.54. The van der Waals surface area contributed by atoms with Crippen LogP contribution in [0, 0.1) is 5.92 Å². The van der Waals surface area contributed by atoms with E-state index < -0.39 is 0 Å². The Hall–Kier alpha value is -1.48. The zero-order valence-electron chi connectivity index (χ0n) is 10.7. The van der Waals surface area contributed by atoms with E-state index >= 15 is 0 Å². The number of urea groups is 1. The maximum absolute atomic E-state index is 11.7. The first-order valence-electron chi connectivity index (χ1n) is 5.95. The van der Waals surface area contributed by atoms with Crippen LogP contribution >= 0.6 is 11.6 Å². The van der Waals surface area contributed by atoms with Crippen molar-refractivity contribution in [3.05, 3.63) is 47.5 Å². The number of benzene rings is 1.